The van der Waals surface area contributed by atoms with Crippen molar-refractivity contribution in [1.82, 2.24) is 5.32 Å². The number of thioether (sulfide) groups is 1. The van der Waals surface area contributed by atoms with Gasteiger partial charge in [-0.25, -0.2) is 4.79 Å². The number of rotatable bonds is 4. The highest BCUT2D eigenvalue weighted by molar-refractivity contribution is 8.03. The number of benzene rings is 2. The van der Waals surface area contributed by atoms with Crippen LogP contribution in [0.15, 0.2) is 59.5 Å². The molecule has 0 saturated carbocycles. The van der Waals surface area contributed by atoms with E-state index in [1.807, 2.05) is 35.7 Å². The second-order valence-corrected chi connectivity index (χ2v) is 4.87. The Kier molecular flexibility index (Phi) is 5.04. The molecule has 0 aliphatic carbocycles. The summed E-state index contributed by atoms with van der Waals surface area (Å²) >= 11 is 1.09. The Bertz CT molecular complexity index is 605. The summed E-state index contributed by atoms with van der Waals surface area (Å²) in [4.78, 5) is 12.6. The fourth-order valence-corrected chi connectivity index (χ4v) is 1.99. The topological polar surface area (TPSA) is 64.9 Å². The lowest BCUT2D eigenvalue weighted by atomic mass is 10.2. The Balaban J connectivity index is 1.84. The van der Waals surface area contributed by atoms with E-state index in [-0.39, 0.29) is 6.03 Å². The first kappa shape index (κ1) is 14.0. The number of hydrogen-bond acceptors (Lipinski definition) is 3. The van der Waals surface area contributed by atoms with E-state index in [2.05, 4.69) is 10.6 Å². The van der Waals surface area contributed by atoms with Crippen molar-refractivity contribution >= 4 is 23.5 Å². The number of nitrogens with one attached hydrogen (secondary N) is 2. The third-order valence-corrected chi connectivity index (χ3v) is 3.17. The number of amides is 2. The molecule has 0 unspecified atom stereocenters. The van der Waals surface area contributed by atoms with E-state index in [1.165, 1.54) is 0 Å². The van der Waals surface area contributed by atoms with E-state index in [4.69, 9.17) is 5.26 Å². The van der Waals surface area contributed by atoms with Crippen molar-refractivity contribution in [1.29, 1.82) is 5.26 Å². The van der Waals surface area contributed by atoms with Crippen molar-refractivity contribution in [3.8, 4) is 5.40 Å². The van der Waals surface area contributed by atoms with Crippen molar-refractivity contribution in [2.45, 2.75) is 11.4 Å². The highest BCUT2D eigenvalue weighted by Gasteiger charge is 2.01. The molecule has 0 heterocycles. The summed E-state index contributed by atoms with van der Waals surface area (Å²) in [5.74, 6) is 0. The summed E-state index contributed by atoms with van der Waals surface area (Å²) in [7, 11) is 0. The lowest BCUT2D eigenvalue weighted by molar-refractivity contribution is 0.251. The predicted octanol–water partition coefficient (Wildman–Crippen LogP) is 3.58. The van der Waals surface area contributed by atoms with Crippen LogP contribution in [-0.2, 0) is 6.54 Å². The maximum atomic E-state index is 11.7. The Hall–Kier alpha value is -2.45. The normalized spacial score (nSPS) is 9.55. The molecule has 0 aromatic heterocycles. The van der Waals surface area contributed by atoms with Crippen LogP contribution in [0.25, 0.3) is 0 Å². The van der Waals surface area contributed by atoms with Crippen molar-refractivity contribution in [3.05, 3.63) is 60.2 Å². The lowest BCUT2D eigenvalue weighted by Crippen LogP contribution is -2.28. The van der Waals surface area contributed by atoms with Crippen LogP contribution in [0.2, 0.25) is 0 Å². The average Bonchev–Trinajstić information content (AvgIpc) is 2.49. The van der Waals surface area contributed by atoms with Gasteiger partial charge >= 0.3 is 6.03 Å². The first-order chi connectivity index (χ1) is 9.78. The number of carbonyl (C=O) groups is 1. The molecule has 0 aliphatic heterocycles. The molecule has 0 atom stereocenters. The van der Waals surface area contributed by atoms with Crippen LogP contribution in [-0.4, -0.2) is 6.03 Å². The summed E-state index contributed by atoms with van der Waals surface area (Å²) in [6.07, 6.45) is 0. The average molecular weight is 283 g/mol. The Morgan fingerprint density at radius 2 is 1.80 bits per heavy atom. The summed E-state index contributed by atoms with van der Waals surface area (Å²) in [6, 6.07) is 16.6. The molecule has 0 fully saturated rings. The minimum absolute atomic E-state index is 0.255. The monoisotopic (exact) mass is 283 g/mol. The van der Waals surface area contributed by atoms with Crippen molar-refractivity contribution < 1.29 is 4.79 Å². The number of nitriles is 1. The molecule has 5 heteroatoms. The minimum Gasteiger partial charge on any atom is -0.334 e. The van der Waals surface area contributed by atoms with Gasteiger partial charge in [-0.3, -0.25) is 0 Å². The summed E-state index contributed by atoms with van der Waals surface area (Å²) in [6.45, 7) is 0.481. The standard InChI is InChI=1S/C15H13N3OS/c16-11-20-14-8-6-13(7-9-14)18-15(19)17-10-12-4-2-1-3-5-12/h1-9H,10H2,(H2,17,18,19). The first-order valence-corrected chi connectivity index (χ1v) is 6.84. The van der Waals surface area contributed by atoms with Gasteiger partial charge in [0.25, 0.3) is 0 Å². The second kappa shape index (κ2) is 7.22. The van der Waals surface area contributed by atoms with Gasteiger partial charge in [0.1, 0.15) is 5.40 Å². The molecule has 0 aliphatic rings. The van der Waals surface area contributed by atoms with Crippen LogP contribution in [0.1, 0.15) is 5.56 Å². The Labute approximate surface area is 121 Å². The molecule has 2 aromatic carbocycles. The molecule has 0 spiro atoms. The fourth-order valence-electron chi connectivity index (χ4n) is 1.61. The predicted molar refractivity (Wildman–Crippen MR) is 80.2 cm³/mol. The maximum Gasteiger partial charge on any atom is 0.319 e. The zero-order chi connectivity index (χ0) is 14.2. The number of nitrogens with zero attached hydrogens (tertiary/aromatic N) is 1. The van der Waals surface area contributed by atoms with Gasteiger partial charge in [0.2, 0.25) is 0 Å². The number of anilines is 1. The van der Waals surface area contributed by atoms with E-state index in [1.54, 1.807) is 24.3 Å². The number of thiocyanates is 1. The molecule has 0 saturated heterocycles. The molecule has 20 heavy (non-hydrogen) atoms. The molecular formula is C15H13N3OS. The summed E-state index contributed by atoms with van der Waals surface area (Å²) in [5, 5.41) is 16.1. The highest BCUT2D eigenvalue weighted by atomic mass is 32.2. The summed E-state index contributed by atoms with van der Waals surface area (Å²) in [5.41, 5.74) is 1.74. The SMILES string of the molecule is N#CSc1ccc(NC(=O)NCc2ccccc2)cc1. The lowest BCUT2D eigenvalue weighted by Gasteiger charge is -2.07. The van der Waals surface area contributed by atoms with Gasteiger partial charge < -0.3 is 10.6 Å². The molecule has 2 aromatic rings. The van der Waals surface area contributed by atoms with Crippen LogP contribution >= 0.6 is 11.8 Å². The van der Waals surface area contributed by atoms with E-state index in [0.717, 1.165) is 22.2 Å². The zero-order valence-corrected chi connectivity index (χ0v) is 11.5. The van der Waals surface area contributed by atoms with Gasteiger partial charge in [0.05, 0.1) is 0 Å². The van der Waals surface area contributed by atoms with Gasteiger partial charge in [-0.05, 0) is 41.6 Å². The molecule has 2 amide bonds. The van der Waals surface area contributed by atoms with Gasteiger partial charge in [-0.15, -0.1) is 0 Å². The summed E-state index contributed by atoms with van der Waals surface area (Å²) < 4.78 is 0. The van der Waals surface area contributed by atoms with E-state index in [0.29, 0.717) is 12.2 Å². The number of urea groups is 1. The minimum atomic E-state index is -0.255. The van der Waals surface area contributed by atoms with E-state index in [9.17, 15) is 4.79 Å². The van der Waals surface area contributed by atoms with E-state index < -0.39 is 0 Å². The van der Waals surface area contributed by atoms with E-state index >= 15 is 0 Å². The van der Waals surface area contributed by atoms with Crippen LogP contribution in [0.4, 0.5) is 10.5 Å². The molecule has 0 radical (unpaired) electrons. The number of hydrogen-bond donors (Lipinski definition) is 2. The molecule has 2 rings (SSSR count). The highest BCUT2D eigenvalue weighted by Crippen LogP contribution is 2.18. The van der Waals surface area contributed by atoms with Gasteiger partial charge in [-0.1, -0.05) is 30.3 Å². The van der Waals surface area contributed by atoms with Crippen molar-refractivity contribution in [3.63, 3.8) is 0 Å². The largest absolute Gasteiger partial charge is 0.334 e. The van der Waals surface area contributed by atoms with Crippen LogP contribution in [0.5, 0.6) is 0 Å². The Morgan fingerprint density at radius 1 is 1.10 bits per heavy atom. The van der Waals surface area contributed by atoms with Crippen LogP contribution in [0.3, 0.4) is 0 Å². The molecule has 4 nitrogen and oxygen atoms in total. The second-order valence-electron chi connectivity index (χ2n) is 4.01. The van der Waals surface area contributed by atoms with Gasteiger partial charge in [0.15, 0.2) is 0 Å². The quantitative estimate of drug-likeness (QED) is 0.666. The van der Waals surface area contributed by atoms with Crippen molar-refractivity contribution in [2.75, 3.05) is 5.32 Å². The van der Waals surface area contributed by atoms with Gasteiger partial charge in [-0.2, -0.15) is 5.26 Å². The molecular weight excluding hydrogens is 270 g/mol. The molecule has 0 bridgehead atoms. The fraction of sp³-hybridized carbons (Fsp3) is 0.0667. The Morgan fingerprint density at radius 3 is 2.45 bits per heavy atom. The molecule has 100 valence electrons. The zero-order valence-electron chi connectivity index (χ0n) is 10.7. The third kappa shape index (κ3) is 4.34. The molecule has 2 N–H and O–H groups in total. The smallest absolute Gasteiger partial charge is 0.319 e. The first-order valence-electron chi connectivity index (χ1n) is 6.03. The van der Waals surface area contributed by atoms with Crippen molar-refractivity contribution in [2.24, 2.45) is 0 Å². The van der Waals surface area contributed by atoms with Crippen LogP contribution in [0, 0.1) is 10.7 Å². The van der Waals surface area contributed by atoms with Gasteiger partial charge in [0, 0.05) is 17.1 Å². The van der Waals surface area contributed by atoms with Crippen LogP contribution < -0.4 is 10.6 Å². The third-order valence-electron chi connectivity index (χ3n) is 2.57. The number of carbonyl (C=O) groups excluding carboxylic acids is 1. The maximum absolute atomic E-state index is 11.7.